The number of rotatable bonds is 0. The Morgan fingerprint density at radius 3 is 2.60 bits per heavy atom. The molecule has 3 aliphatic rings. The van der Waals surface area contributed by atoms with Crippen LogP contribution in [-0.2, 0) is 4.74 Å². The van der Waals surface area contributed by atoms with Gasteiger partial charge in [0.15, 0.2) is 0 Å². The van der Waals surface area contributed by atoms with Gasteiger partial charge in [-0.05, 0) is 37.5 Å². The predicted octanol–water partition coefficient (Wildman–Crippen LogP) is 3.24. The second kappa shape index (κ2) is 3.97. The fourth-order valence-electron chi connectivity index (χ4n) is 3.10. The van der Waals surface area contributed by atoms with Gasteiger partial charge in [0.05, 0.1) is 12.2 Å². The quantitative estimate of drug-likeness (QED) is 0.548. The SMILES string of the molecule is C1=CCC2C(C1)OC1/C=C\C/C=C\CC12. The van der Waals surface area contributed by atoms with Crippen molar-refractivity contribution < 1.29 is 4.74 Å². The average molecular weight is 202 g/mol. The van der Waals surface area contributed by atoms with Gasteiger partial charge in [-0.2, -0.15) is 0 Å². The van der Waals surface area contributed by atoms with E-state index in [4.69, 9.17) is 4.74 Å². The van der Waals surface area contributed by atoms with E-state index < -0.39 is 0 Å². The Morgan fingerprint density at radius 1 is 0.800 bits per heavy atom. The molecule has 0 N–H and O–H groups in total. The van der Waals surface area contributed by atoms with Crippen LogP contribution in [0.25, 0.3) is 0 Å². The van der Waals surface area contributed by atoms with Crippen molar-refractivity contribution in [3.63, 3.8) is 0 Å². The van der Waals surface area contributed by atoms with E-state index in [2.05, 4.69) is 36.5 Å². The van der Waals surface area contributed by atoms with Crippen molar-refractivity contribution in [2.45, 2.75) is 37.9 Å². The second-order valence-corrected chi connectivity index (χ2v) is 4.78. The molecule has 0 spiro atoms. The van der Waals surface area contributed by atoms with E-state index in [0.29, 0.717) is 18.1 Å². The second-order valence-electron chi connectivity index (χ2n) is 4.78. The van der Waals surface area contributed by atoms with E-state index in [1.165, 1.54) is 12.8 Å². The van der Waals surface area contributed by atoms with Crippen LogP contribution in [0.15, 0.2) is 36.5 Å². The summed E-state index contributed by atoms with van der Waals surface area (Å²) < 4.78 is 6.13. The maximum atomic E-state index is 6.13. The van der Waals surface area contributed by atoms with E-state index >= 15 is 0 Å². The Labute approximate surface area is 91.5 Å². The van der Waals surface area contributed by atoms with Gasteiger partial charge >= 0.3 is 0 Å². The highest BCUT2D eigenvalue weighted by atomic mass is 16.5. The number of ether oxygens (including phenoxy) is 1. The van der Waals surface area contributed by atoms with E-state index in [1.54, 1.807) is 0 Å². The zero-order chi connectivity index (χ0) is 10.1. The van der Waals surface area contributed by atoms with Gasteiger partial charge in [-0.3, -0.25) is 0 Å². The molecule has 0 aromatic carbocycles. The van der Waals surface area contributed by atoms with Gasteiger partial charge in [0.25, 0.3) is 0 Å². The van der Waals surface area contributed by atoms with E-state index in [-0.39, 0.29) is 0 Å². The summed E-state index contributed by atoms with van der Waals surface area (Å²) in [5.41, 5.74) is 0. The molecular formula is C14H18O. The van der Waals surface area contributed by atoms with Crippen LogP contribution >= 0.6 is 0 Å². The molecule has 4 unspecified atom stereocenters. The van der Waals surface area contributed by atoms with E-state index in [0.717, 1.165) is 18.8 Å². The van der Waals surface area contributed by atoms with E-state index in [9.17, 15) is 0 Å². The van der Waals surface area contributed by atoms with Crippen molar-refractivity contribution in [1.82, 2.24) is 0 Å². The standard InChI is InChI=1S/C14H18O/c1-2-4-9-13-11(7-3-1)12-8-5-6-10-14(12)15-13/h1,3-6,9,11-14H,2,7-8,10H2/b3-1-,9-4-. The lowest BCUT2D eigenvalue weighted by atomic mass is 9.79. The highest BCUT2D eigenvalue weighted by molar-refractivity contribution is 5.11. The Morgan fingerprint density at radius 2 is 1.60 bits per heavy atom. The van der Waals surface area contributed by atoms with Gasteiger partial charge in [-0.15, -0.1) is 0 Å². The average Bonchev–Trinajstić information content (AvgIpc) is 2.55. The summed E-state index contributed by atoms with van der Waals surface area (Å²) in [6, 6.07) is 0. The van der Waals surface area contributed by atoms with Gasteiger partial charge in [0, 0.05) is 0 Å². The molecule has 1 heteroatoms. The van der Waals surface area contributed by atoms with Gasteiger partial charge in [0.1, 0.15) is 0 Å². The molecule has 0 aromatic rings. The van der Waals surface area contributed by atoms with Crippen molar-refractivity contribution >= 4 is 0 Å². The van der Waals surface area contributed by atoms with Gasteiger partial charge in [-0.1, -0.05) is 36.5 Å². The summed E-state index contributed by atoms with van der Waals surface area (Å²) in [5, 5.41) is 0. The van der Waals surface area contributed by atoms with E-state index in [1.807, 2.05) is 0 Å². The number of allylic oxidation sites excluding steroid dienone is 4. The summed E-state index contributed by atoms with van der Waals surface area (Å²) in [4.78, 5) is 0. The highest BCUT2D eigenvalue weighted by Crippen LogP contribution is 2.42. The van der Waals surface area contributed by atoms with Crippen molar-refractivity contribution in [3.8, 4) is 0 Å². The fourth-order valence-corrected chi connectivity index (χ4v) is 3.10. The Hall–Kier alpha value is -0.820. The minimum Gasteiger partial charge on any atom is -0.370 e. The molecule has 0 amide bonds. The lowest BCUT2D eigenvalue weighted by molar-refractivity contribution is 0.0540. The Kier molecular flexibility index (Phi) is 2.49. The topological polar surface area (TPSA) is 9.23 Å². The molecule has 0 aromatic heterocycles. The lowest BCUT2D eigenvalue weighted by Gasteiger charge is -2.23. The summed E-state index contributed by atoms with van der Waals surface area (Å²) in [6.45, 7) is 0. The van der Waals surface area contributed by atoms with Crippen LogP contribution in [0.4, 0.5) is 0 Å². The van der Waals surface area contributed by atoms with Crippen LogP contribution in [0.2, 0.25) is 0 Å². The molecule has 0 radical (unpaired) electrons. The first-order valence-electron chi connectivity index (χ1n) is 6.07. The molecule has 1 fully saturated rings. The summed E-state index contributed by atoms with van der Waals surface area (Å²) in [5.74, 6) is 1.47. The molecule has 4 atom stereocenters. The van der Waals surface area contributed by atoms with Gasteiger partial charge in [0.2, 0.25) is 0 Å². The highest BCUT2D eigenvalue weighted by Gasteiger charge is 2.42. The normalized spacial score (nSPS) is 47.5. The maximum Gasteiger partial charge on any atom is 0.0794 e. The minimum absolute atomic E-state index is 0.379. The van der Waals surface area contributed by atoms with Crippen LogP contribution in [0.3, 0.4) is 0 Å². The molecule has 15 heavy (non-hydrogen) atoms. The lowest BCUT2D eigenvalue weighted by Crippen LogP contribution is -2.22. The molecule has 0 bridgehead atoms. The van der Waals surface area contributed by atoms with Crippen LogP contribution in [0.5, 0.6) is 0 Å². The van der Waals surface area contributed by atoms with Crippen molar-refractivity contribution in [2.24, 2.45) is 11.8 Å². The van der Waals surface area contributed by atoms with Crippen LogP contribution in [-0.4, -0.2) is 12.2 Å². The summed E-state index contributed by atoms with van der Waals surface area (Å²) in [7, 11) is 0. The number of fused-ring (bicyclic) bond motifs is 3. The third-order valence-electron chi connectivity index (χ3n) is 3.90. The summed E-state index contributed by atoms with van der Waals surface area (Å²) in [6.07, 6.45) is 19.2. The van der Waals surface area contributed by atoms with Crippen LogP contribution in [0.1, 0.15) is 25.7 Å². The van der Waals surface area contributed by atoms with Crippen molar-refractivity contribution in [3.05, 3.63) is 36.5 Å². The minimum atomic E-state index is 0.379. The van der Waals surface area contributed by atoms with Crippen molar-refractivity contribution in [1.29, 1.82) is 0 Å². The Balaban J connectivity index is 1.83. The number of hydrogen-bond acceptors (Lipinski definition) is 1. The molecule has 3 rings (SSSR count). The zero-order valence-electron chi connectivity index (χ0n) is 9.01. The van der Waals surface area contributed by atoms with Gasteiger partial charge in [-0.25, -0.2) is 0 Å². The molecule has 2 aliphatic carbocycles. The number of hydrogen-bond donors (Lipinski definition) is 0. The zero-order valence-corrected chi connectivity index (χ0v) is 9.01. The predicted molar refractivity (Wildman–Crippen MR) is 61.5 cm³/mol. The fraction of sp³-hybridized carbons (Fsp3) is 0.571. The monoisotopic (exact) mass is 202 g/mol. The third kappa shape index (κ3) is 1.69. The molecule has 1 heterocycles. The molecular weight excluding hydrogens is 184 g/mol. The first kappa shape index (κ1) is 9.41. The molecule has 80 valence electrons. The largest absolute Gasteiger partial charge is 0.370 e. The third-order valence-corrected chi connectivity index (χ3v) is 3.90. The summed E-state index contributed by atoms with van der Waals surface area (Å²) >= 11 is 0. The maximum absolute atomic E-state index is 6.13. The Bertz CT molecular complexity index is 313. The smallest absolute Gasteiger partial charge is 0.0794 e. The van der Waals surface area contributed by atoms with Crippen LogP contribution in [0, 0.1) is 11.8 Å². The molecule has 1 aliphatic heterocycles. The van der Waals surface area contributed by atoms with Gasteiger partial charge < -0.3 is 4.74 Å². The first-order valence-corrected chi connectivity index (χ1v) is 6.07. The van der Waals surface area contributed by atoms with Crippen LogP contribution < -0.4 is 0 Å². The molecule has 1 saturated heterocycles. The molecule has 1 nitrogen and oxygen atoms in total. The first-order chi connectivity index (χ1) is 7.45. The van der Waals surface area contributed by atoms with Crippen molar-refractivity contribution in [2.75, 3.05) is 0 Å². The molecule has 0 saturated carbocycles.